The molecule has 0 radical (unpaired) electrons. The zero-order chi connectivity index (χ0) is 33.3. The molecule has 10 nitrogen and oxygen atoms in total. The van der Waals surface area contributed by atoms with E-state index in [0.717, 1.165) is 47.5 Å². The number of hydrogen-bond donors (Lipinski definition) is 3. The molecule has 0 spiro atoms. The number of fused-ring (bicyclic) bond motifs is 1. The van der Waals surface area contributed by atoms with E-state index < -0.39 is 15.6 Å². The van der Waals surface area contributed by atoms with Crippen molar-refractivity contribution in [1.29, 1.82) is 0 Å². The predicted octanol–water partition coefficient (Wildman–Crippen LogP) is 7.24. The van der Waals surface area contributed by atoms with Crippen LogP contribution in [-0.2, 0) is 20.2 Å². The van der Waals surface area contributed by atoms with E-state index in [9.17, 15) is 18.0 Å². The van der Waals surface area contributed by atoms with E-state index in [1.54, 1.807) is 6.07 Å². The highest BCUT2D eigenvalue weighted by atomic mass is 32.2. The number of methoxy groups -OCH3 is 1. The van der Waals surface area contributed by atoms with Crippen molar-refractivity contribution in [3.8, 4) is 5.75 Å². The lowest BCUT2D eigenvalue weighted by Gasteiger charge is -2.27. The molecule has 2 heterocycles. The molecule has 0 saturated carbocycles. The maximum Gasteiger partial charge on any atom is 0.410 e. The fourth-order valence-electron chi connectivity index (χ4n) is 5.91. The van der Waals surface area contributed by atoms with Gasteiger partial charge >= 0.3 is 6.09 Å². The van der Waals surface area contributed by atoms with Crippen molar-refractivity contribution < 1.29 is 27.5 Å². The SMILES string of the molecule is COc1c(NC(=O)c2cc3cccc(C(C)C4CCCN(C(=O)OC(C)(C)C)CC4)c3[nH]2)cc(C(C)(C)C)cc1NS(C)(=O)=O. The third-order valence-corrected chi connectivity index (χ3v) is 8.85. The van der Waals surface area contributed by atoms with Gasteiger partial charge in [-0.05, 0) is 86.6 Å². The van der Waals surface area contributed by atoms with Crippen molar-refractivity contribution >= 4 is 44.3 Å². The molecular weight excluding hydrogens is 592 g/mol. The van der Waals surface area contributed by atoms with Crippen LogP contribution in [0.1, 0.15) is 95.3 Å². The third kappa shape index (κ3) is 8.51. The number of likely N-dealkylation sites (tertiary alicyclic amines) is 1. The minimum absolute atomic E-state index is 0.190. The van der Waals surface area contributed by atoms with Crippen LogP contribution in [0, 0.1) is 5.92 Å². The monoisotopic (exact) mass is 640 g/mol. The van der Waals surface area contributed by atoms with Gasteiger partial charge in [-0.3, -0.25) is 9.52 Å². The van der Waals surface area contributed by atoms with E-state index in [2.05, 4.69) is 28.0 Å². The zero-order valence-corrected chi connectivity index (χ0v) is 28.8. The molecule has 0 aliphatic carbocycles. The number of nitrogens with one attached hydrogen (secondary N) is 3. The molecule has 1 aliphatic heterocycles. The molecule has 1 aromatic heterocycles. The topological polar surface area (TPSA) is 130 Å². The molecule has 45 heavy (non-hydrogen) atoms. The molecular formula is C34H48N4O6S. The Morgan fingerprint density at radius 3 is 2.33 bits per heavy atom. The summed E-state index contributed by atoms with van der Waals surface area (Å²) in [5.41, 5.74) is 2.99. The Morgan fingerprint density at radius 1 is 1.02 bits per heavy atom. The molecule has 3 aromatic rings. The van der Waals surface area contributed by atoms with Gasteiger partial charge in [0.1, 0.15) is 11.3 Å². The maximum atomic E-state index is 13.7. The first-order valence-electron chi connectivity index (χ1n) is 15.5. The van der Waals surface area contributed by atoms with Gasteiger partial charge in [0.15, 0.2) is 5.75 Å². The lowest BCUT2D eigenvalue weighted by Crippen LogP contribution is -2.37. The standard InChI is InChI=1S/C34H48N4O6S/c1-21(22-13-11-16-38(17-15-22)32(40)44-34(5,6)7)25-14-10-12-23-18-28(35-29(23)25)31(39)36-26-19-24(33(2,3)4)20-27(30(26)43-8)37-45(9,41)42/h10,12,14,18-22,35,37H,11,13,15-17H2,1-9H3,(H,36,39). The molecule has 2 aromatic carbocycles. The lowest BCUT2D eigenvalue weighted by molar-refractivity contribution is 0.0254. The average molecular weight is 641 g/mol. The summed E-state index contributed by atoms with van der Waals surface area (Å²) in [4.78, 5) is 31.5. The molecule has 246 valence electrons. The normalized spacial score (nSPS) is 17.0. The number of carbonyl (C=O) groups is 2. The highest BCUT2D eigenvalue weighted by Gasteiger charge is 2.29. The lowest BCUT2D eigenvalue weighted by atomic mass is 9.82. The second-order valence-corrected chi connectivity index (χ2v) is 15.9. The van der Waals surface area contributed by atoms with E-state index in [4.69, 9.17) is 9.47 Å². The predicted molar refractivity (Wildman–Crippen MR) is 180 cm³/mol. The molecule has 0 bridgehead atoms. The molecule has 11 heteroatoms. The molecule has 1 fully saturated rings. The van der Waals surface area contributed by atoms with Gasteiger partial charge in [-0.2, -0.15) is 0 Å². The van der Waals surface area contributed by atoms with Crippen molar-refractivity contribution in [3.05, 3.63) is 53.2 Å². The second kappa shape index (κ2) is 12.9. The fraction of sp³-hybridized carbons (Fsp3) is 0.529. The summed E-state index contributed by atoms with van der Waals surface area (Å²) in [7, 11) is -2.16. The van der Waals surface area contributed by atoms with Crippen molar-refractivity contribution in [1.82, 2.24) is 9.88 Å². The van der Waals surface area contributed by atoms with Gasteiger partial charge in [0.2, 0.25) is 10.0 Å². The highest BCUT2D eigenvalue weighted by molar-refractivity contribution is 7.92. The van der Waals surface area contributed by atoms with E-state index in [1.807, 2.05) is 70.7 Å². The van der Waals surface area contributed by atoms with Crippen LogP contribution in [0.15, 0.2) is 36.4 Å². The Bertz CT molecular complexity index is 1670. The summed E-state index contributed by atoms with van der Waals surface area (Å²) < 4.78 is 37.9. The van der Waals surface area contributed by atoms with E-state index in [0.29, 0.717) is 30.4 Å². The number of nitrogens with zero attached hydrogens (tertiary/aromatic N) is 1. The van der Waals surface area contributed by atoms with Crippen LogP contribution in [0.25, 0.3) is 10.9 Å². The molecule has 2 amide bonds. The van der Waals surface area contributed by atoms with E-state index in [1.165, 1.54) is 7.11 Å². The van der Waals surface area contributed by atoms with E-state index >= 15 is 0 Å². The van der Waals surface area contributed by atoms with Gasteiger partial charge < -0.3 is 24.7 Å². The number of rotatable bonds is 7. The Kier molecular flexibility index (Phi) is 9.82. The summed E-state index contributed by atoms with van der Waals surface area (Å²) in [5, 5.41) is 3.87. The number of aromatic amines is 1. The van der Waals surface area contributed by atoms with Crippen LogP contribution in [0.5, 0.6) is 5.75 Å². The Balaban J connectivity index is 1.59. The number of hydrogen-bond acceptors (Lipinski definition) is 6. The molecule has 1 aliphatic rings. The van der Waals surface area contributed by atoms with Gasteiger partial charge in [-0.15, -0.1) is 0 Å². The van der Waals surface area contributed by atoms with Crippen molar-refractivity contribution in [2.45, 2.75) is 84.7 Å². The maximum absolute atomic E-state index is 13.7. The number of H-pyrrole nitrogens is 1. The van der Waals surface area contributed by atoms with Crippen LogP contribution in [0.2, 0.25) is 0 Å². The smallest absolute Gasteiger partial charge is 0.410 e. The molecule has 4 rings (SSSR count). The van der Waals surface area contributed by atoms with Crippen LogP contribution >= 0.6 is 0 Å². The number of ether oxygens (including phenoxy) is 2. The Labute approximate surface area is 267 Å². The molecule has 2 unspecified atom stereocenters. The number of benzene rings is 2. The Morgan fingerprint density at radius 2 is 1.71 bits per heavy atom. The number of anilines is 2. The van der Waals surface area contributed by atoms with Crippen molar-refractivity contribution in [2.75, 3.05) is 36.5 Å². The summed E-state index contributed by atoms with van der Waals surface area (Å²) in [5.74, 6) is 0.395. The van der Waals surface area contributed by atoms with E-state index in [-0.39, 0.29) is 34.8 Å². The molecule has 2 atom stereocenters. The molecule has 3 N–H and O–H groups in total. The largest absolute Gasteiger partial charge is 0.492 e. The minimum Gasteiger partial charge on any atom is -0.492 e. The summed E-state index contributed by atoms with van der Waals surface area (Å²) in [6.45, 7) is 15.2. The number of carbonyl (C=O) groups excluding carboxylic acids is 2. The minimum atomic E-state index is -3.60. The quantitative estimate of drug-likeness (QED) is 0.250. The summed E-state index contributed by atoms with van der Waals surface area (Å²) in [6.07, 6.45) is 3.55. The van der Waals surface area contributed by atoms with Crippen molar-refractivity contribution in [2.24, 2.45) is 5.92 Å². The van der Waals surface area contributed by atoms with Crippen LogP contribution < -0.4 is 14.8 Å². The molecule has 1 saturated heterocycles. The number of para-hydroxylation sites is 1. The van der Waals surface area contributed by atoms with Gasteiger partial charge in [-0.1, -0.05) is 45.9 Å². The van der Waals surface area contributed by atoms with Gasteiger partial charge in [0.25, 0.3) is 5.91 Å². The average Bonchev–Trinajstić information content (AvgIpc) is 3.20. The first kappa shape index (κ1) is 34.1. The van der Waals surface area contributed by atoms with Crippen LogP contribution in [0.4, 0.5) is 16.2 Å². The Hall–Kier alpha value is -3.73. The number of amides is 2. The third-order valence-electron chi connectivity index (χ3n) is 8.26. The number of aromatic nitrogens is 1. The zero-order valence-electron chi connectivity index (χ0n) is 28.0. The number of sulfonamides is 1. The summed E-state index contributed by atoms with van der Waals surface area (Å²) in [6, 6.07) is 11.4. The highest BCUT2D eigenvalue weighted by Crippen LogP contribution is 2.40. The second-order valence-electron chi connectivity index (χ2n) is 14.1. The van der Waals surface area contributed by atoms with Gasteiger partial charge in [-0.25, -0.2) is 13.2 Å². The first-order chi connectivity index (χ1) is 20.9. The summed E-state index contributed by atoms with van der Waals surface area (Å²) >= 11 is 0. The van der Waals surface area contributed by atoms with Crippen LogP contribution in [0.3, 0.4) is 0 Å². The van der Waals surface area contributed by atoms with Crippen molar-refractivity contribution in [3.63, 3.8) is 0 Å². The van der Waals surface area contributed by atoms with Crippen LogP contribution in [-0.4, -0.2) is 62.4 Å². The van der Waals surface area contributed by atoms with Gasteiger partial charge in [0, 0.05) is 24.0 Å². The van der Waals surface area contributed by atoms with Gasteiger partial charge in [0.05, 0.1) is 24.7 Å². The fourth-order valence-corrected chi connectivity index (χ4v) is 6.46. The first-order valence-corrected chi connectivity index (χ1v) is 17.4.